The lowest BCUT2D eigenvalue weighted by atomic mass is 9.86. The van der Waals surface area contributed by atoms with Gasteiger partial charge in [-0.05, 0) is 46.2 Å². The van der Waals surface area contributed by atoms with Gasteiger partial charge in [0.2, 0.25) is 0 Å². The van der Waals surface area contributed by atoms with Crippen LogP contribution in [0.3, 0.4) is 0 Å². The standard InChI is InChI=1S/C22H20O/c23-15-7-11-17-10-6-14-20-18-12-4-5-13-19(18)21(22(17)20)16-8-2-1-3-9-16/h1-6,8-10,12-14,21,23H,7,11,15H2. The molecule has 3 aromatic rings. The molecule has 0 saturated heterocycles. The van der Waals surface area contributed by atoms with Crippen LogP contribution in [0.2, 0.25) is 0 Å². The van der Waals surface area contributed by atoms with Gasteiger partial charge in [-0.2, -0.15) is 0 Å². The molecule has 0 spiro atoms. The van der Waals surface area contributed by atoms with Gasteiger partial charge in [-0.3, -0.25) is 0 Å². The van der Waals surface area contributed by atoms with E-state index < -0.39 is 0 Å². The summed E-state index contributed by atoms with van der Waals surface area (Å²) in [4.78, 5) is 0. The van der Waals surface area contributed by atoms with Gasteiger partial charge in [0, 0.05) is 12.5 Å². The Bertz CT molecular complexity index is 820. The number of aliphatic hydroxyl groups is 1. The van der Waals surface area contributed by atoms with Crippen LogP contribution in [-0.2, 0) is 6.42 Å². The molecular weight excluding hydrogens is 280 g/mol. The Morgan fingerprint density at radius 2 is 1.48 bits per heavy atom. The number of rotatable bonds is 4. The van der Waals surface area contributed by atoms with Crippen LogP contribution in [0.1, 0.15) is 34.6 Å². The van der Waals surface area contributed by atoms with Gasteiger partial charge in [-0.25, -0.2) is 0 Å². The maximum absolute atomic E-state index is 9.23. The smallest absolute Gasteiger partial charge is 0.0434 e. The average Bonchev–Trinajstić information content (AvgIpc) is 2.96. The lowest BCUT2D eigenvalue weighted by molar-refractivity contribution is 0.288. The molecule has 0 radical (unpaired) electrons. The number of hydrogen-bond donors (Lipinski definition) is 1. The summed E-state index contributed by atoms with van der Waals surface area (Å²) in [5.41, 5.74) is 8.22. The van der Waals surface area contributed by atoms with E-state index in [1.165, 1.54) is 33.4 Å². The Balaban J connectivity index is 1.94. The van der Waals surface area contributed by atoms with Crippen LogP contribution in [0, 0.1) is 0 Å². The van der Waals surface area contributed by atoms with E-state index in [1.807, 2.05) is 0 Å². The van der Waals surface area contributed by atoms with Crippen molar-refractivity contribution in [2.24, 2.45) is 0 Å². The Morgan fingerprint density at radius 1 is 0.739 bits per heavy atom. The highest BCUT2D eigenvalue weighted by molar-refractivity contribution is 5.81. The maximum Gasteiger partial charge on any atom is 0.0434 e. The highest BCUT2D eigenvalue weighted by Gasteiger charge is 2.31. The third kappa shape index (κ3) is 2.38. The zero-order chi connectivity index (χ0) is 15.6. The van der Waals surface area contributed by atoms with Crippen molar-refractivity contribution in [1.29, 1.82) is 0 Å². The highest BCUT2D eigenvalue weighted by atomic mass is 16.2. The van der Waals surface area contributed by atoms with Crippen LogP contribution in [0.15, 0.2) is 72.8 Å². The van der Waals surface area contributed by atoms with Crippen molar-refractivity contribution in [1.82, 2.24) is 0 Å². The van der Waals surface area contributed by atoms with E-state index in [9.17, 15) is 5.11 Å². The van der Waals surface area contributed by atoms with E-state index in [0.29, 0.717) is 5.92 Å². The van der Waals surface area contributed by atoms with Crippen LogP contribution in [0.4, 0.5) is 0 Å². The Morgan fingerprint density at radius 3 is 2.30 bits per heavy atom. The Hall–Kier alpha value is -2.38. The molecule has 1 aliphatic rings. The molecule has 1 unspecified atom stereocenters. The minimum Gasteiger partial charge on any atom is -0.396 e. The van der Waals surface area contributed by atoms with Crippen molar-refractivity contribution >= 4 is 0 Å². The van der Waals surface area contributed by atoms with Crippen molar-refractivity contribution in [2.45, 2.75) is 18.8 Å². The molecule has 1 aliphatic carbocycles. The molecule has 1 atom stereocenters. The Labute approximate surface area is 137 Å². The van der Waals surface area contributed by atoms with Crippen LogP contribution < -0.4 is 0 Å². The SMILES string of the molecule is OCCCc1cccc2c1C(c1ccccc1)c1ccccc1-2. The van der Waals surface area contributed by atoms with Gasteiger partial charge in [0.1, 0.15) is 0 Å². The highest BCUT2D eigenvalue weighted by Crippen LogP contribution is 2.49. The molecular formula is C22H20O. The number of hydrogen-bond acceptors (Lipinski definition) is 1. The topological polar surface area (TPSA) is 20.2 Å². The quantitative estimate of drug-likeness (QED) is 0.575. The second-order valence-corrected chi connectivity index (χ2v) is 6.14. The summed E-state index contributed by atoms with van der Waals surface area (Å²) in [6, 6.07) is 26.1. The number of benzene rings is 3. The first-order chi connectivity index (χ1) is 11.4. The van der Waals surface area contributed by atoms with Crippen LogP contribution in [0.25, 0.3) is 11.1 Å². The van der Waals surface area contributed by atoms with Crippen LogP contribution in [0.5, 0.6) is 0 Å². The lowest BCUT2D eigenvalue weighted by Crippen LogP contribution is -2.03. The lowest BCUT2D eigenvalue weighted by Gasteiger charge is -2.17. The van der Waals surface area contributed by atoms with E-state index in [1.54, 1.807) is 0 Å². The Kier molecular flexibility index (Phi) is 3.72. The monoisotopic (exact) mass is 300 g/mol. The second-order valence-electron chi connectivity index (χ2n) is 6.14. The maximum atomic E-state index is 9.23. The predicted molar refractivity (Wildman–Crippen MR) is 94.7 cm³/mol. The molecule has 0 bridgehead atoms. The molecule has 0 amide bonds. The second kappa shape index (κ2) is 6.02. The number of aryl methyl sites for hydroxylation is 1. The molecule has 0 heterocycles. The van der Waals surface area contributed by atoms with Crippen molar-refractivity contribution < 1.29 is 5.11 Å². The van der Waals surface area contributed by atoms with E-state index in [4.69, 9.17) is 0 Å². The van der Waals surface area contributed by atoms with Crippen LogP contribution in [-0.4, -0.2) is 11.7 Å². The van der Waals surface area contributed by atoms with E-state index in [-0.39, 0.29) is 6.61 Å². The number of fused-ring (bicyclic) bond motifs is 3. The molecule has 23 heavy (non-hydrogen) atoms. The summed E-state index contributed by atoms with van der Waals surface area (Å²) in [7, 11) is 0. The average molecular weight is 300 g/mol. The molecule has 3 aromatic carbocycles. The van der Waals surface area contributed by atoms with Gasteiger partial charge in [0.25, 0.3) is 0 Å². The van der Waals surface area contributed by atoms with Crippen molar-refractivity contribution in [3.8, 4) is 11.1 Å². The first kappa shape index (κ1) is 14.2. The minimum absolute atomic E-state index is 0.243. The van der Waals surface area contributed by atoms with E-state index in [0.717, 1.165) is 12.8 Å². The summed E-state index contributed by atoms with van der Waals surface area (Å²) >= 11 is 0. The van der Waals surface area contributed by atoms with Gasteiger partial charge >= 0.3 is 0 Å². The van der Waals surface area contributed by atoms with Crippen molar-refractivity contribution in [3.05, 3.63) is 95.1 Å². The summed E-state index contributed by atoms with van der Waals surface area (Å²) < 4.78 is 0. The fraction of sp³-hybridized carbons (Fsp3) is 0.182. The van der Waals surface area contributed by atoms with Crippen molar-refractivity contribution in [3.63, 3.8) is 0 Å². The molecule has 0 fully saturated rings. The molecule has 1 N–H and O–H groups in total. The zero-order valence-electron chi connectivity index (χ0n) is 13.1. The van der Waals surface area contributed by atoms with Gasteiger partial charge in [-0.1, -0.05) is 72.8 Å². The van der Waals surface area contributed by atoms with Crippen molar-refractivity contribution in [2.75, 3.05) is 6.61 Å². The fourth-order valence-corrected chi connectivity index (χ4v) is 3.82. The summed E-state index contributed by atoms with van der Waals surface area (Å²) in [5, 5.41) is 9.23. The first-order valence-corrected chi connectivity index (χ1v) is 8.27. The molecule has 0 aromatic heterocycles. The number of aliphatic hydroxyl groups excluding tert-OH is 1. The molecule has 4 rings (SSSR count). The molecule has 114 valence electrons. The summed E-state index contributed by atoms with van der Waals surface area (Å²) in [5.74, 6) is 0.303. The van der Waals surface area contributed by atoms with E-state index in [2.05, 4.69) is 72.8 Å². The molecule has 1 nitrogen and oxygen atoms in total. The van der Waals surface area contributed by atoms with Gasteiger partial charge in [0.15, 0.2) is 0 Å². The third-order valence-electron chi connectivity index (χ3n) is 4.78. The molecule has 0 saturated carbocycles. The molecule has 0 aliphatic heterocycles. The third-order valence-corrected chi connectivity index (χ3v) is 4.78. The van der Waals surface area contributed by atoms with Gasteiger partial charge < -0.3 is 5.11 Å². The first-order valence-electron chi connectivity index (χ1n) is 8.27. The summed E-state index contributed by atoms with van der Waals surface area (Å²) in [6.07, 6.45) is 1.74. The summed E-state index contributed by atoms with van der Waals surface area (Å²) in [6.45, 7) is 0.243. The largest absolute Gasteiger partial charge is 0.396 e. The predicted octanol–water partition coefficient (Wildman–Crippen LogP) is 4.77. The normalized spacial score (nSPS) is 15.3. The fourth-order valence-electron chi connectivity index (χ4n) is 3.82. The van der Waals surface area contributed by atoms with Gasteiger partial charge in [0.05, 0.1) is 0 Å². The minimum atomic E-state index is 0.243. The van der Waals surface area contributed by atoms with E-state index >= 15 is 0 Å². The van der Waals surface area contributed by atoms with Gasteiger partial charge in [-0.15, -0.1) is 0 Å². The zero-order valence-corrected chi connectivity index (χ0v) is 13.1. The molecule has 1 heteroatoms. The van der Waals surface area contributed by atoms with Crippen LogP contribution >= 0.6 is 0 Å².